The lowest BCUT2D eigenvalue weighted by Crippen LogP contribution is -2.32. The average molecular weight is 606 g/mol. The Bertz CT molecular complexity index is 1770. The maximum absolute atomic E-state index is 13.7. The molecule has 3 aromatic heterocycles. The van der Waals surface area contributed by atoms with E-state index in [1.165, 1.54) is 24.8 Å². The number of pyridine rings is 1. The number of amides is 1. The van der Waals surface area contributed by atoms with E-state index < -0.39 is 0 Å². The highest BCUT2D eigenvalue weighted by molar-refractivity contribution is 7.97. The van der Waals surface area contributed by atoms with Crippen LogP contribution in [0.3, 0.4) is 0 Å². The van der Waals surface area contributed by atoms with Gasteiger partial charge in [0.1, 0.15) is 5.15 Å². The summed E-state index contributed by atoms with van der Waals surface area (Å²) < 4.78 is 4.38. The van der Waals surface area contributed by atoms with E-state index in [4.69, 9.17) is 21.7 Å². The molecule has 1 saturated heterocycles. The molecule has 3 atom stereocenters. The van der Waals surface area contributed by atoms with Crippen LogP contribution in [0.4, 0.5) is 11.6 Å². The van der Waals surface area contributed by atoms with Gasteiger partial charge in [0.25, 0.3) is 11.5 Å². The number of hydrogen-bond donors (Lipinski definition) is 2. The number of anilines is 2. The maximum Gasteiger partial charge on any atom is 0.281 e. The summed E-state index contributed by atoms with van der Waals surface area (Å²) >= 11 is 7.30. The molecule has 3 aliphatic rings. The van der Waals surface area contributed by atoms with Crippen LogP contribution in [0.2, 0.25) is 5.15 Å². The second-order valence-electron chi connectivity index (χ2n) is 11.6. The standard InChI is InChI=1S/C29H32ClN9O2S/c1-14-9-17(15(2)32-21-7-8-23(30)33-26(21)27(40)36-42-4)25-18(10-14)28(41)37(3)29(34-25)38-12-19-20(13-38)24(19)22-11-31-39(35-22)16-5-6-16/h7-11,15-16,19-20,24,32H,5-6,12-13H2,1-4H3,(H,36,40). The summed E-state index contributed by atoms with van der Waals surface area (Å²) in [4.78, 5) is 39.8. The van der Waals surface area contributed by atoms with E-state index in [0.29, 0.717) is 46.3 Å². The van der Waals surface area contributed by atoms with Gasteiger partial charge in [-0.2, -0.15) is 15.0 Å². The zero-order valence-corrected chi connectivity index (χ0v) is 25.4. The van der Waals surface area contributed by atoms with Crippen molar-refractivity contribution < 1.29 is 4.79 Å². The molecule has 218 valence electrons. The quantitative estimate of drug-likeness (QED) is 0.224. The molecule has 1 amide bonds. The Labute approximate surface area is 252 Å². The van der Waals surface area contributed by atoms with E-state index in [1.54, 1.807) is 30.0 Å². The number of rotatable bonds is 8. The fourth-order valence-electron chi connectivity index (χ4n) is 6.38. The first-order chi connectivity index (χ1) is 20.2. The monoisotopic (exact) mass is 605 g/mol. The van der Waals surface area contributed by atoms with Crippen LogP contribution < -0.4 is 20.5 Å². The molecule has 0 spiro atoms. The van der Waals surface area contributed by atoms with E-state index in [2.05, 4.69) is 25.0 Å². The Hall–Kier alpha value is -3.64. The molecule has 2 N–H and O–H groups in total. The van der Waals surface area contributed by atoms with Crippen molar-refractivity contribution in [3.63, 3.8) is 0 Å². The highest BCUT2D eigenvalue weighted by atomic mass is 35.5. The van der Waals surface area contributed by atoms with Crippen LogP contribution in [-0.4, -0.2) is 54.8 Å². The van der Waals surface area contributed by atoms with Crippen molar-refractivity contribution in [1.29, 1.82) is 0 Å². The number of nitrogens with zero attached hydrogens (tertiary/aromatic N) is 7. The average Bonchev–Trinajstić information content (AvgIpc) is 3.83. The largest absolute Gasteiger partial charge is 0.377 e. The Kier molecular flexibility index (Phi) is 6.65. The van der Waals surface area contributed by atoms with Crippen molar-refractivity contribution in [3.05, 3.63) is 68.5 Å². The first-order valence-corrected chi connectivity index (χ1v) is 15.8. The van der Waals surface area contributed by atoms with Crippen LogP contribution >= 0.6 is 23.5 Å². The fourth-order valence-corrected chi connectivity index (χ4v) is 6.81. The van der Waals surface area contributed by atoms with Crippen LogP contribution in [0.5, 0.6) is 0 Å². The van der Waals surface area contributed by atoms with E-state index in [-0.39, 0.29) is 28.4 Å². The van der Waals surface area contributed by atoms with E-state index in [0.717, 1.165) is 29.9 Å². The molecule has 3 fully saturated rings. The summed E-state index contributed by atoms with van der Waals surface area (Å²) in [7, 11) is 1.80. The van der Waals surface area contributed by atoms with Crippen molar-refractivity contribution in [1.82, 2.24) is 34.3 Å². The molecule has 11 nitrogen and oxygen atoms in total. The lowest BCUT2D eigenvalue weighted by atomic mass is 10.0. The minimum absolute atomic E-state index is 0.0788. The minimum Gasteiger partial charge on any atom is -0.377 e. The van der Waals surface area contributed by atoms with Gasteiger partial charge >= 0.3 is 0 Å². The summed E-state index contributed by atoms with van der Waals surface area (Å²) in [5.74, 6) is 1.74. The maximum atomic E-state index is 13.7. The third-order valence-electron chi connectivity index (χ3n) is 8.66. The normalized spacial score (nSPS) is 21.8. The molecule has 4 aromatic rings. The molecular formula is C29H32ClN9O2S. The summed E-state index contributed by atoms with van der Waals surface area (Å²) in [5, 5.41) is 13.5. The molecule has 1 aromatic carbocycles. The van der Waals surface area contributed by atoms with Gasteiger partial charge in [0, 0.05) is 37.9 Å². The number of hydrogen-bond acceptors (Lipinski definition) is 9. The highest BCUT2D eigenvalue weighted by Gasteiger charge is 2.58. The molecule has 0 radical (unpaired) electrons. The van der Waals surface area contributed by atoms with Crippen molar-refractivity contribution in [3.8, 4) is 0 Å². The van der Waals surface area contributed by atoms with E-state index in [1.807, 2.05) is 37.0 Å². The Morgan fingerprint density at radius 3 is 2.64 bits per heavy atom. The molecule has 0 bridgehead atoms. The smallest absolute Gasteiger partial charge is 0.281 e. The predicted molar refractivity (Wildman–Crippen MR) is 164 cm³/mol. The van der Waals surface area contributed by atoms with Crippen LogP contribution in [0.25, 0.3) is 10.9 Å². The molecule has 42 heavy (non-hydrogen) atoms. The van der Waals surface area contributed by atoms with Crippen LogP contribution in [-0.2, 0) is 7.05 Å². The van der Waals surface area contributed by atoms with Crippen molar-refractivity contribution in [2.45, 2.75) is 44.7 Å². The molecule has 1 aliphatic heterocycles. The molecule has 13 heteroatoms. The van der Waals surface area contributed by atoms with Gasteiger partial charge in [0.15, 0.2) is 5.69 Å². The summed E-state index contributed by atoms with van der Waals surface area (Å²) in [6.07, 6.45) is 6.04. The zero-order chi connectivity index (χ0) is 29.3. The number of benzene rings is 1. The number of nitrogens with one attached hydrogen (secondary N) is 2. The Morgan fingerprint density at radius 1 is 1.17 bits per heavy atom. The number of aryl methyl sites for hydroxylation is 1. The lowest BCUT2D eigenvalue weighted by molar-refractivity contribution is 0.0980. The summed E-state index contributed by atoms with van der Waals surface area (Å²) in [6, 6.07) is 7.52. The second kappa shape index (κ2) is 10.3. The van der Waals surface area contributed by atoms with Gasteiger partial charge in [-0.05, 0) is 62.3 Å². The van der Waals surface area contributed by atoms with Crippen LogP contribution in [0.1, 0.15) is 65.1 Å². The summed E-state index contributed by atoms with van der Waals surface area (Å²) in [6.45, 7) is 5.62. The molecule has 2 aliphatic carbocycles. The van der Waals surface area contributed by atoms with Crippen molar-refractivity contribution in [2.24, 2.45) is 18.9 Å². The van der Waals surface area contributed by atoms with Crippen LogP contribution in [0.15, 0.2) is 35.3 Å². The van der Waals surface area contributed by atoms with Gasteiger partial charge in [0.05, 0.1) is 40.6 Å². The van der Waals surface area contributed by atoms with Crippen molar-refractivity contribution in [2.75, 3.05) is 29.6 Å². The number of piperidine rings is 1. The van der Waals surface area contributed by atoms with Gasteiger partial charge in [-0.1, -0.05) is 29.6 Å². The second-order valence-corrected chi connectivity index (χ2v) is 12.6. The van der Waals surface area contributed by atoms with Gasteiger partial charge in [-0.25, -0.2) is 9.97 Å². The number of carbonyl (C=O) groups is 1. The topological polar surface area (TPSA) is 123 Å². The Balaban J connectivity index is 1.18. The number of halogens is 1. The molecule has 4 heterocycles. The fraction of sp³-hybridized carbons (Fsp3) is 0.448. The van der Waals surface area contributed by atoms with Crippen molar-refractivity contribution >= 4 is 52.0 Å². The van der Waals surface area contributed by atoms with E-state index >= 15 is 0 Å². The summed E-state index contributed by atoms with van der Waals surface area (Å²) in [5.41, 5.74) is 4.24. The first-order valence-electron chi connectivity index (χ1n) is 14.2. The highest BCUT2D eigenvalue weighted by Crippen LogP contribution is 2.58. The van der Waals surface area contributed by atoms with Crippen LogP contribution in [0, 0.1) is 18.8 Å². The minimum atomic E-state index is -0.343. The van der Waals surface area contributed by atoms with Gasteiger partial charge in [-0.3, -0.25) is 18.9 Å². The Morgan fingerprint density at radius 2 is 1.93 bits per heavy atom. The molecular weight excluding hydrogens is 574 g/mol. The van der Waals surface area contributed by atoms with Gasteiger partial charge in [0.2, 0.25) is 5.95 Å². The molecule has 7 rings (SSSR count). The third-order valence-corrected chi connectivity index (χ3v) is 9.26. The van der Waals surface area contributed by atoms with E-state index in [9.17, 15) is 9.59 Å². The number of aromatic nitrogens is 6. The van der Waals surface area contributed by atoms with Gasteiger partial charge in [-0.15, -0.1) is 0 Å². The molecule has 3 unspecified atom stereocenters. The number of fused-ring (bicyclic) bond motifs is 2. The first kappa shape index (κ1) is 27.2. The van der Waals surface area contributed by atoms with Gasteiger partial charge < -0.3 is 10.2 Å². The molecule has 2 saturated carbocycles. The zero-order valence-electron chi connectivity index (χ0n) is 23.8. The number of carbonyl (C=O) groups excluding carboxylic acids is 1. The lowest BCUT2D eigenvalue weighted by Gasteiger charge is -2.25. The SMILES string of the molecule is CSNC(=O)c1nc(Cl)ccc1NC(C)c1cc(C)cc2c(=O)n(C)c(N3CC4C(C3)C4c3cnn(C4CC4)n3)nc12. The predicted octanol–water partition coefficient (Wildman–Crippen LogP) is 4.25. The third kappa shape index (κ3) is 4.70.